The summed E-state index contributed by atoms with van der Waals surface area (Å²) in [7, 11) is 0. The van der Waals surface area contributed by atoms with Crippen LogP contribution in [0.2, 0.25) is 0 Å². The Morgan fingerprint density at radius 1 is 0.905 bits per heavy atom. The molecule has 2 N–H and O–H groups in total. The minimum atomic E-state index is 0.514. The second kappa shape index (κ2) is 6.09. The van der Waals surface area contributed by atoms with Gasteiger partial charge in [0.25, 0.3) is 0 Å². The summed E-state index contributed by atoms with van der Waals surface area (Å²) < 4.78 is 5.88. The molecule has 0 unspecified atom stereocenters. The van der Waals surface area contributed by atoms with Gasteiger partial charge < -0.3 is 10.6 Å². The van der Waals surface area contributed by atoms with Crippen LogP contribution in [0, 0.1) is 0 Å². The molecule has 21 heavy (non-hydrogen) atoms. The Bertz CT molecular complexity index is 781. The molecule has 0 amide bonds. The Labute approximate surface area is 123 Å². The maximum atomic E-state index is 5.88. The molecule has 0 aliphatic rings. The van der Waals surface area contributed by atoms with Crippen LogP contribution in [0.5, 0.6) is 5.75 Å². The first-order chi connectivity index (χ1) is 10.4. The lowest BCUT2D eigenvalue weighted by Gasteiger charge is -2.09. The SMILES string of the molecule is NN=Cc1ccccc1OCc1ccc2ccccc2c1. The van der Waals surface area contributed by atoms with Gasteiger partial charge in [0.1, 0.15) is 12.4 Å². The number of nitrogens with two attached hydrogens (primary N) is 1. The first-order valence-electron chi connectivity index (χ1n) is 6.79. The van der Waals surface area contributed by atoms with Crippen LogP contribution in [0.1, 0.15) is 11.1 Å². The van der Waals surface area contributed by atoms with Crippen molar-refractivity contribution in [3.05, 3.63) is 77.9 Å². The maximum absolute atomic E-state index is 5.88. The van der Waals surface area contributed by atoms with E-state index in [2.05, 4.69) is 35.4 Å². The average Bonchev–Trinajstić information content (AvgIpc) is 2.54. The molecule has 0 aliphatic heterocycles. The molecule has 3 rings (SSSR count). The lowest BCUT2D eigenvalue weighted by molar-refractivity contribution is 0.306. The molecule has 3 aromatic carbocycles. The highest BCUT2D eigenvalue weighted by molar-refractivity contribution is 5.83. The summed E-state index contributed by atoms with van der Waals surface area (Å²) in [6, 6.07) is 22.3. The van der Waals surface area contributed by atoms with Crippen molar-refractivity contribution in [2.45, 2.75) is 6.61 Å². The maximum Gasteiger partial charge on any atom is 0.128 e. The van der Waals surface area contributed by atoms with Crippen LogP contribution in [0.25, 0.3) is 10.8 Å². The number of hydrogen-bond acceptors (Lipinski definition) is 3. The van der Waals surface area contributed by atoms with Gasteiger partial charge in [0, 0.05) is 5.56 Å². The molecule has 104 valence electrons. The molecule has 0 spiro atoms. The van der Waals surface area contributed by atoms with Crippen molar-refractivity contribution in [2.75, 3.05) is 0 Å². The van der Waals surface area contributed by atoms with E-state index in [-0.39, 0.29) is 0 Å². The van der Waals surface area contributed by atoms with Crippen molar-refractivity contribution < 1.29 is 4.74 Å². The standard InChI is InChI=1S/C18H16N2O/c19-20-12-17-7-3-4-8-18(17)21-13-14-9-10-15-5-1-2-6-16(15)11-14/h1-12H,13,19H2. The quantitative estimate of drug-likeness (QED) is 0.448. The highest BCUT2D eigenvalue weighted by atomic mass is 16.5. The smallest absolute Gasteiger partial charge is 0.128 e. The normalized spacial score (nSPS) is 11.0. The van der Waals surface area contributed by atoms with Crippen LogP contribution in [0.4, 0.5) is 0 Å². The first kappa shape index (κ1) is 13.2. The van der Waals surface area contributed by atoms with Crippen molar-refractivity contribution in [3.8, 4) is 5.75 Å². The number of fused-ring (bicyclic) bond motifs is 1. The van der Waals surface area contributed by atoms with Gasteiger partial charge in [-0.3, -0.25) is 0 Å². The van der Waals surface area contributed by atoms with E-state index in [0.717, 1.165) is 16.9 Å². The number of rotatable bonds is 4. The monoisotopic (exact) mass is 276 g/mol. The molecule has 3 aromatic rings. The average molecular weight is 276 g/mol. The molecule has 0 aliphatic carbocycles. The zero-order valence-corrected chi connectivity index (χ0v) is 11.6. The lowest BCUT2D eigenvalue weighted by atomic mass is 10.1. The predicted molar refractivity (Wildman–Crippen MR) is 86.5 cm³/mol. The van der Waals surface area contributed by atoms with Gasteiger partial charge >= 0.3 is 0 Å². The minimum absolute atomic E-state index is 0.514. The van der Waals surface area contributed by atoms with Crippen molar-refractivity contribution in [3.63, 3.8) is 0 Å². The summed E-state index contributed by atoms with van der Waals surface area (Å²) in [5.74, 6) is 5.99. The van der Waals surface area contributed by atoms with Crippen LogP contribution >= 0.6 is 0 Å². The number of hydrazone groups is 1. The Morgan fingerprint density at radius 3 is 2.52 bits per heavy atom. The summed E-state index contributed by atoms with van der Waals surface area (Å²) >= 11 is 0. The molecule has 0 fully saturated rings. The van der Waals surface area contributed by atoms with Crippen LogP contribution < -0.4 is 10.6 Å². The minimum Gasteiger partial charge on any atom is -0.488 e. The summed E-state index contributed by atoms with van der Waals surface area (Å²) in [5.41, 5.74) is 2.01. The highest BCUT2D eigenvalue weighted by Gasteiger charge is 2.02. The summed E-state index contributed by atoms with van der Waals surface area (Å²) in [4.78, 5) is 0. The molecule has 3 heteroatoms. The van der Waals surface area contributed by atoms with Gasteiger partial charge in [-0.15, -0.1) is 0 Å². The van der Waals surface area contributed by atoms with Crippen molar-refractivity contribution in [1.82, 2.24) is 0 Å². The Hall–Kier alpha value is -2.81. The topological polar surface area (TPSA) is 47.6 Å². The highest BCUT2D eigenvalue weighted by Crippen LogP contribution is 2.20. The predicted octanol–water partition coefficient (Wildman–Crippen LogP) is 3.71. The van der Waals surface area contributed by atoms with E-state index in [1.165, 1.54) is 10.8 Å². The van der Waals surface area contributed by atoms with Crippen LogP contribution in [0.15, 0.2) is 71.8 Å². The summed E-state index contributed by atoms with van der Waals surface area (Å²) in [6.07, 6.45) is 1.59. The van der Waals surface area contributed by atoms with Gasteiger partial charge in [-0.25, -0.2) is 0 Å². The van der Waals surface area contributed by atoms with Crippen LogP contribution in [-0.2, 0) is 6.61 Å². The van der Waals surface area contributed by atoms with Gasteiger partial charge in [-0.1, -0.05) is 48.5 Å². The molecule has 0 radical (unpaired) electrons. The number of para-hydroxylation sites is 1. The number of hydrogen-bond donors (Lipinski definition) is 1. The molecule has 0 bridgehead atoms. The van der Waals surface area contributed by atoms with Crippen LogP contribution in [-0.4, -0.2) is 6.21 Å². The zero-order valence-electron chi connectivity index (χ0n) is 11.6. The van der Waals surface area contributed by atoms with Gasteiger partial charge in [-0.05, 0) is 34.5 Å². The molecule has 0 saturated heterocycles. The molecule has 0 heterocycles. The lowest BCUT2D eigenvalue weighted by Crippen LogP contribution is -1.99. The molecule has 0 saturated carbocycles. The molecule has 0 atom stereocenters. The third-order valence-electron chi connectivity index (χ3n) is 3.34. The second-order valence-corrected chi connectivity index (χ2v) is 4.79. The van der Waals surface area contributed by atoms with Crippen LogP contribution in [0.3, 0.4) is 0 Å². The van der Waals surface area contributed by atoms with Crippen molar-refractivity contribution in [2.24, 2.45) is 10.9 Å². The Balaban J connectivity index is 1.80. The van der Waals surface area contributed by atoms with E-state index < -0.39 is 0 Å². The van der Waals surface area contributed by atoms with Crippen molar-refractivity contribution in [1.29, 1.82) is 0 Å². The molecular weight excluding hydrogens is 260 g/mol. The van der Waals surface area contributed by atoms with Gasteiger partial charge in [0.05, 0.1) is 6.21 Å². The third kappa shape index (κ3) is 3.03. The molecular formula is C18H16N2O. The zero-order chi connectivity index (χ0) is 14.5. The van der Waals surface area contributed by atoms with E-state index in [1.807, 2.05) is 36.4 Å². The van der Waals surface area contributed by atoms with E-state index in [9.17, 15) is 0 Å². The second-order valence-electron chi connectivity index (χ2n) is 4.79. The van der Waals surface area contributed by atoms with E-state index >= 15 is 0 Å². The Morgan fingerprint density at radius 2 is 1.67 bits per heavy atom. The molecule has 0 aromatic heterocycles. The van der Waals surface area contributed by atoms with E-state index in [1.54, 1.807) is 6.21 Å². The van der Waals surface area contributed by atoms with Crippen molar-refractivity contribution >= 4 is 17.0 Å². The first-order valence-corrected chi connectivity index (χ1v) is 6.79. The van der Waals surface area contributed by atoms with Gasteiger partial charge in [0.15, 0.2) is 0 Å². The fourth-order valence-corrected chi connectivity index (χ4v) is 2.29. The summed E-state index contributed by atoms with van der Waals surface area (Å²) in [5, 5.41) is 6.01. The molecule has 3 nitrogen and oxygen atoms in total. The number of nitrogens with zero attached hydrogens (tertiary/aromatic N) is 1. The number of ether oxygens (including phenoxy) is 1. The number of benzene rings is 3. The fourth-order valence-electron chi connectivity index (χ4n) is 2.29. The fraction of sp³-hybridized carbons (Fsp3) is 0.0556. The summed E-state index contributed by atoms with van der Waals surface area (Å²) in [6.45, 7) is 0.514. The van der Waals surface area contributed by atoms with Gasteiger partial charge in [0.2, 0.25) is 0 Å². The third-order valence-corrected chi connectivity index (χ3v) is 3.34. The van der Waals surface area contributed by atoms with E-state index in [4.69, 9.17) is 10.6 Å². The van der Waals surface area contributed by atoms with E-state index in [0.29, 0.717) is 6.61 Å². The van der Waals surface area contributed by atoms with Gasteiger partial charge in [-0.2, -0.15) is 5.10 Å². The largest absolute Gasteiger partial charge is 0.488 e. The Kier molecular flexibility index (Phi) is 3.83.